The van der Waals surface area contributed by atoms with Crippen LogP contribution in [0.4, 0.5) is 15.3 Å². The first kappa shape index (κ1) is 33.8. The van der Waals surface area contributed by atoms with E-state index < -0.39 is 0 Å². The van der Waals surface area contributed by atoms with Crippen molar-refractivity contribution in [3.8, 4) is 12.8 Å². The van der Waals surface area contributed by atoms with Gasteiger partial charge in [0, 0.05) is 55.9 Å². The van der Waals surface area contributed by atoms with Gasteiger partial charge in [0.1, 0.15) is 0 Å². The van der Waals surface area contributed by atoms with Gasteiger partial charge in [0.2, 0.25) is 5.91 Å². The van der Waals surface area contributed by atoms with Gasteiger partial charge in [-0.25, -0.2) is 9.59 Å². The van der Waals surface area contributed by atoms with Crippen LogP contribution in [0.15, 0.2) is 48.7 Å². The number of benzene rings is 2. The normalized spacial score (nSPS) is 19.0. The summed E-state index contributed by atoms with van der Waals surface area (Å²) in [4.78, 5) is 46.1. The molecule has 4 aliphatic heterocycles. The van der Waals surface area contributed by atoms with Crippen molar-refractivity contribution in [2.75, 3.05) is 51.1 Å². The number of piperidine rings is 3. The number of fused-ring (bicyclic) bond motifs is 2. The highest BCUT2D eigenvalue weighted by molar-refractivity contribution is 5.92. The number of rotatable bonds is 4. The smallest absolute Gasteiger partial charge is 0.322 e. The molecule has 3 saturated heterocycles. The van der Waals surface area contributed by atoms with Crippen LogP contribution in [0.25, 0.3) is 10.9 Å². The van der Waals surface area contributed by atoms with E-state index in [4.69, 9.17) is 0 Å². The van der Waals surface area contributed by atoms with E-state index >= 15 is 0 Å². The Labute approximate surface area is 278 Å². The lowest BCUT2D eigenvalue weighted by molar-refractivity contribution is -0.131. The minimum atomic E-state index is -0.187. The van der Waals surface area contributed by atoms with Gasteiger partial charge in [0.15, 0.2) is 0 Å². The van der Waals surface area contributed by atoms with Crippen molar-refractivity contribution >= 4 is 34.6 Å². The van der Waals surface area contributed by atoms with Crippen LogP contribution in [-0.2, 0) is 11.3 Å². The standard InChI is InChI=1S/C26H38N6O3.C8H8N2.C2H2/c33-24(30-14-8-21(9-15-30)29-12-4-1-5-13-29)18-27-25(34)31-16-10-22(11-17-31)32-19-20-6-2-3-7-23(20)28-26(32)35;1-6-2-3-8-7(4-6)5-9-10-8;1-2/h2-3,6-7,21-22H,1,4-5,8-19H2,(H,27,34)(H,28,35);2-5H,1H3,(H,9,10);1-2H. The predicted octanol–water partition coefficient (Wildman–Crippen LogP) is 4.81. The molecular formula is C36H48N8O3. The van der Waals surface area contributed by atoms with Gasteiger partial charge in [-0.2, -0.15) is 5.10 Å². The molecule has 3 fully saturated rings. The van der Waals surface area contributed by atoms with Crippen molar-refractivity contribution in [2.45, 2.75) is 70.5 Å². The second-order valence-corrected chi connectivity index (χ2v) is 12.8. The first-order valence-corrected chi connectivity index (χ1v) is 16.9. The quantitative estimate of drug-likeness (QED) is 0.354. The zero-order chi connectivity index (χ0) is 33.2. The fraction of sp³-hybridized carbons (Fsp3) is 0.500. The molecule has 3 N–H and O–H groups in total. The van der Waals surface area contributed by atoms with Crippen LogP contribution >= 0.6 is 0 Å². The van der Waals surface area contributed by atoms with E-state index in [0.29, 0.717) is 25.7 Å². The summed E-state index contributed by atoms with van der Waals surface area (Å²) in [5.41, 5.74) is 4.37. The van der Waals surface area contributed by atoms with Gasteiger partial charge in [-0.3, -0.25) is 9.89 Å². The van der Waals surface area contributed by atoms with Gasteiger partial charge in [-0.1, -0.05) is 36.2 Å². The maximum atomic E-state index is 12.7. The highest BCUT2D eigenvalue weighted by Gasteiger charge is 2.33. The van der Waals surface area contributed by atoms with Gasteiger partial charge in [0.25, 0.3) is 0 Å². The van der Waals surface area contributed by atoms with E-state index in [1.165, 1.54) is 43.3 Å². The van der Waals surface area contributed by atoms with E-state index in [1.807, 2.05) is 46.3 Å². The molecule has 0 saturated carbocycles. The number of likely N-dealkylation sites (tertiary alicyclic amines) is 3. The molecule has 5 amide bonds. The molecule has 11 heteroatoms. The minimum absolute atomic E-state index is 0.00832. The number of anilines is 1. The second-order valence-electron chi connectivity index (χ2n) is 12.8. The van der Waals surface area contributed by atoms with Gasteiger partial charge in [-0.05, 0) is 82.3 Å². The monoisotopic (exact) mass is 640 g/mol. The number of amides is 5. The van der Waals surface area contributed by atoms with Crippen LogP contribution in [-0.4, -0.2) is 106 Å². The molecule has 4 aliphatic rings. The van der Waals surface area contributed by atoms with Crippen molar-refractivity contribution in [1.29, 1.82) is 0 Å². The highest BCUT2D eigenvalue weighted by Crippen LogP contribution is 2.27. The highest BCUT2D eigenvalue weighted by atomic mass is 16.2. The van der Waals surface area contributed by atoms with Crippen molar-refractivity contribution in [3.63, 3.8) is 0 Å². The lowest BCUT2D eigenvalue weighted by atomic mass is 10.00. The molecule has 0 spiro atoms. The largest absolute Gasteiger partial charge is 0.341 e. The molecule has 0 unspecified atom stereocenters. The van der Waals surface area contributed by atoms with E-state index in [9.17, 15) is 14.4 Å². The van der Waals surface area contributed by atoms with Crippen LogP contribution in [0.2, 0.25) is 0 Å². The Kier molecular flexibility index (Phi) is 11.7. The molecule has 11 nitrogen and oxygen atoms in total. The lowest BCUT2D eigenvalue weighted by Crippen LogP contribution is -2.54. The van der Waals surface area contributed by atoms with Crippen LogP contribution < -0.4 is 10.6 Å². The number of urea groups is 2. The van der Waals surface area contributed by atoms with E-state index in [-0.39, 0.29) is 30.6 Å². The maximum absolute atomic E-state index is 12.7. The van der Waals surface area contributed by atoms with E-state index in [2.05, 4.69) is 57.6 Å². The molecule has 0 bridgehead atoms. The summed E-state index contributed by atoms with van der Waals surface area (Å²) < 4.78 is 0. The third-order valence-electron chi connectivity index (χ3n) is 9.76. The third kappa shape index (κ3) is 8.63. The van der Waals surface area contributed by atoms with Crippen LogP contribution in [0, 0.1) is 19.8 Å². The molecule has 1 aromatic heterocycles. The van der Waals surface area contributed by atoms with Gasteiger partial charge in [0.05, 0.1) is 18.3 Å². The zero-order valence-electron chi connectivity index (χ0n) is 27.5. The van der Waals surface area contributed by atoms with Gasteiger partial charge in [-0.15, -0.1) is 12.8 Å². The molecule has 2 aromatic carbocycles. The number of aryl methyl sites for hydroxylation is 1. The summed E-state index contributed by atoms with van der Waals surface area (Å²) in [6, 6.07) is 14.5. The summed E-state index contributed by atoms with van der Waals surface area (Å²) >= 11 is 0. The number of hydrogen-bond acceptors (Lipinski definition) is 5. The summed E-state index contributed by atoms with van der Waals surface area (Å²) in [6.07, 6.45) is 17.3. The third-order valence-corrected chi connectivity index (χ3v) is 9.76. The van der Waals surface area contributed by atoms with Crippen molar-refractivity contribution in [2.24, 2.45) is 0 Å². The molecule has 0 aliphatic carbocycles. The van der Waals surface area contributed by atoms with Crippen LogP contribution in [0.1, 0.15) is 56.1 Å². The topological polar surface area (TPSA) is 117 Å². The number of carbonyl (C=O) groups excluding carboxylic acids is 3. The molecule has 5 heterocycles. The van der Waals surface area contributed by atoms with Crippen molar-refractivity contribution in [1.82, 2.24) is 35.1 Å². The van der Waals surface area contributed by atoms with Crippen molar-refractivity contribution in [3.05, 3.63) is 59.8 Å². The molecule has 250 valence electrons. The lowest BCUT2D eigenvalue weighted by Gasteiger charge is -2.41. The number of terminal acetylenes is 1. The Balaban J connectivity index is 0.000000303. The van der Waals surface area contributed by atoms with E-state index in [0.717, 1.165) is 55.5 Å². The summed E-state index contributed by atoms with van der Waals surface area (Å²) in [5.74, 6) is 0.00832. The Morgan fingerprint density at radius 2 is 1.57 bits per heavy atom. The number of carbonyl (C=O) groups is 3. The first-order valence-electron chi connectivity index (χ1n) is 16.9. The molecule has 3 aromatic rings. The minimum Gasteiger partial charge on any atom is -0.341 e. The van der Waals surface area contributed by atoms with Gasteiger partial charge >= 0.3 is 12.1 Å². The first-order chi connectivity index (χ1) is 22.9. The van der Waals surface area contributed by atoms with Crippen LogP contribution in [0.3, 0.4) is 0 Å². The molecule has 47 heavy (non-hydrogen) atoms. The number of H-pyrrole nitrogens is 1. The molecule has 0 radical (unpaired) electrons. The number of hydrogen-bond donors (Lipinski definition) is 3. The predicted molar refractivity (Wildman–Crippen MR) is 185 cm³/mol. The number of nitrogens with zero attached hydrogens (tertiary/aromatic N) is 5. The molecule has 7 rings (SSSR count). The summed E-state index contributed by atoms with van der Waals surface area (Å²) in [7, 11) is 0. The fourth-order valence-electron chi connectivity index (χ4n) is 7.10. The van der Waals surface area contributed by atoms with Crippen LogP contribution in [0.5, 0.6) is 0 Å². The Bertz CT molecular complexity index is 1510. The second kappa shape index (κ2) is 16.3. The van der Waals surface area contributed by atoms with Crippen molar-refractivity contribution < 1.29 is 14.4 Å². The summed E-state index contributed by atoms with van der Waals surface area (Å²) in [6.45, 7) is 7.84. The fourth-order valence-corrected chi connectivity index (χ4v) is 7.10. The number of nitrogens with one attached hydrogen (secondary N) is 3. The number of para-hydroxylation sites is 1. The Morgan fingerprint density at radius 3 is 2.32 bits per heavy atom. The molecular weight excluding hydrogens is 592 g/mol. The average molecular weight is 641 g/mol. The van der Waals surface area contributed by atoms with Gasteiger partial charge < -0.3 is 30.2 Å². The maximum Gasteiger partial charge on any atom is 0.322 e. The number of aromatic amines is 1. The Hall–Kier alpha value is -4.56. The SMILES string of the molecule is C#C.Cc1ccc2[nH]ncc2c1.O=C(CNC(=O)N1CCC(N2Cc3ccccc3NC2=O)CC1)N1CCC(N2CCCCC2)CC1. The number of aromatic nitrogens is 2. The summed E-state index contributed by atoms with van der Waals surface area (Å²) in [5, 5.41) is 13.8. The van der Waals surface area contributed by atoms with E-state index in [1.54, 1.807) is 4.90 Å². The zero-order valence-corrected chi connectivity index (χ0v) is 27.5. The average Bonchev–Trinajstić information content (AvgIpc) is 3.60. The molecule has 0 atom stereocenters. The Morgan fingerprint density at radius 1 is 0.894 bits per heavy atom.